The topological polar surface area (TPSA) is 3.24 Å². The monoisotopic (exact) mass is 317 g/mol. The third kappa shape index (κ3) is 2.10. The Morgan fingerprint density at radius 1 is 0.792 bits per heavy atom. The fourth-order valence-electron chi connectivity index (χ4n) is 5.59. The molecule has 3 unspecified atom stereocenters. The Morgan fingerprint density at radius 3 is 2.25 bits per heavy atom. The van der Waals surface area contributed by atoms with Crippen LogP contribution in [0.2, 0.25) is 0 Å². The fourth-order valence-corrected chi connectivity index (χ4v) is 5.59. The molecule has 2 aromatic rings. The summed E-state index contributed by atoms with van der Waals surface area (Å²) in [4.78, 5) is 2.72. The van der Waals surface area contributed by atoms with E-state index in [1.165, 1.54) is 45.2 Å². The molecule has 1 heterocycles. The molecule has 3 aliphatic carbocycles. The predicted octanol–water partition coefficient (Wildman–Crippen LogP) is 5.60. The van der Waals surface area contributed by atoms with Crippen molar-refractivity contribution in [2.45, 2.75) is 56.9 Å². The zero-order chi connectivity index (χ0) is 16.1. The van der Waals surface area contributed by atoms with Crippen LogP contribution in [0.15, 0.2) is 42.5 Å². The molecule has 1 aliphatic heterocycles. The van der Waals surface area contributed by atoms with Gasteiger partial charge < -0.3 is 0 Å². The summed E-state index contributed by atoms with van der Waals surface area (Å²) in [6, 6.07) is 16.9. The van der Waals surface area contributed by atoms with Crippen LogP contribution in [0.5, 0.6) is 0 Å². The van der Waals surface area contributed by atoms with E-state index in [1.807, 2.05) is 0 Å². The molecule has 1 nitrogen and oxygen atoms in total. The predicted molar refractivity (Wildman–Crippen MR) is 99.6 cm³/mol. The molecule has 4 aliphatic rings. The molecule has 2 bridgehead atoms. The van der Waals surface area contributed by atoms with Crippen LogP contribution in [0, 0.1) is 0 Å². The maximum absolute atomic E-state index is 2.72. The molecule has 1 heteroatoms. The molecule has 0 radical (unpaired) electrons. The van der Waals surface area contributed by atoms with Crippen LogP contribution in [0.25, 0.3) is 0 Å². The van der Waals surface area contributed by atoms with Crippen LogP contribution >= 0.6 is 0 Å². The van der Waals surface area contributed by atoms with Crippen LogP contribution in [0.1, 0.15) is 84.7 Å². The SMILES string of the molecule is CC(c1cccc2c1C1CCC2c2ccccc21)N1CCCCC1. The Bertz CT molecular complexity index is 756. The number of hydrogen-bond donors (Lipinski definition) is 0. The maximum Gasteiger partial charge on any atom is 0.0322 e. The lowest BCUT2D eigenvalue weighted by atomic mass is 9.62. The van der Waals surface area contributed by atoms with Gasteiger partial charge in [-0.3, -0.25) is 4.90 Å². The second-order valence-corrected chi connectivity index (χ2v) is 7.93. The summed E-state index contributed by atoms with van der Waals surface area (Å²) in [5.41, 5.74) is 8.14. The summed E-state index contributed by atoms with van der Waals surface area (Å²) in [5.74, 6) is 1.26. The summed E-state index contributed by atoms with van der Waals surface area (Å²) in [7, 11) is 0. The summed E-state index contributed by atoms with van der Waals surface area (Å²) in [6.07, 6.45) is 6.81. The van der Waals surface area contributed by atoms with Gasteiger partial charge in [0.05, 0.1) is 0 Å². The van der Waals surface area contributed by atoms with Crippen LogP contribution < -0.4 is 0 Å². The van der Waals surface area contributed by atoms with Gasteiger partial charge in [-0.1, -0.05) is 48.9 Å². The van der Waals surface area contributed by atoms with Gasteiger partial charge in [-0.25, -0.2) is 0 Å². The first-order chi connectivity index (χ1) is 11.8. The minimum Gasteiger partial charge on any atom is -0.297 e. The van der Waals surface area contributed by atoms with E-state index in [0.717, 1.165) is 0 Å². The average Bonchev–Trinajstić information content (AvgIpc) is 2.68. The van der Waals surface area contributed by atoms with Gasteiger partial charge >= 0.3 is 0 Å². The average molecular weight is 317 g/mol. The lowest BCUT2D eigenvalue weighted by molar-refractivity contribution is 0.173. The number of piperidine rings is 1. The number of rotatable bonds is 2. The van der Waals surface area contributed by atoms with Crippen molar-refractivity contribution >= 4 is 0 Å². The van der Waals surface area contributed by atoms with E-state index in [0.29, 0.717) is 17.9 Å². The fraction of sp³-hybridized carbons (Fsp3) is 0.478. The van der Waals surface area contributed by atoms with E-state index in [-0.39, 0.29) is 0 Å². The molecule has 2 aromatic carbocycles. The van der Waals surface area contributed by atoms with Gasteiger partial charge in [0.15, 0.2) is 0 Å². The summed E-state index contributed by atoms with van der Waals surface area (Å²) < 4.78 is 0. The van der Waals surface area contributed by atoms with Crippen LogP contribution in [0.4, 0.5) is 0 Å². The van der Waals surface area contributed by atoms with E-state index in [1.54, 1.807) is 27.8 Å². The van der Waals surface area contributed by atoms with E-state index < -0.39 is 0 Å². The first-order valence-electron chi connectivity index (χ1n) is 9.80. The Kier molecular flexibility index (Phi) is 3.52. The van der Waals surface area contributed by atoms with Gasteiger partial charge in [-0.05, 0) is 73.5 Å². The second kappa shape index (κ2) is 5.74. The number of fused-ring (bicyclic) bond motifs is 1. The minimum atomic E-state index is 0.562. The van der Waals surface area contributed by atoms with Crippen molar-refractivity contribution in [3.63, 3.8) is 0 Å². The third-order valence-electron chi connectivity index (χ3n) is 6.78. The highest BCUT2D eigenvalue weighted by atomic mass is 15.2. The van der Waals surface area contributed by atoms with Gasteiger partial charge in [0.25, 0.3) is 0 Å². The molecule has 6 rings (SSSR count). The van der Waals surface area contributed by atoms with Gasteiger partial charge in [0.2, 0.25) is 0 Å². The largest absolute Gasteiger partial charge is 0.297 e. The molecule has 1 fully saturated rings. The zero-order valence-corrected chi connectivity index (χ0v) is 14.7. The summed E-state index contributed by atoms with van der Waals surface area (Å²) in [6.45, 7) is 4.99. The molecule has 0 saturated carbocycles. The van der Waals surface area contributed by atoms with Crippen molar-refractivity contribution in [1.29, 1.82) is 0 Å². The van der Waals surface area contributed by atoms with Crippen molar-refractivity contribution in [1.82, 2.24) is 4.90 Å². The van der Waals surface area contributed by atoms with Gasteiger partial charge in [-0.2, -0.15) is 0 Å². The van der Waals surface area contributed by atoms with E-state index in [4.69, 9.17) is 0 Å². The first-order valence-corrected chi connectivity index (χ1v) is 9.80. The Hall–Kier alpha value is -1.60. The van der Waals surface area contributed by atoms with Crippen molar-refractivity contribution in [2.24, 2.45) is 0 Å². The number of likely N-dealkylation sites (tertiary alicyclic amines) is 1. The molecular formula is C23H27N. The number of hydrogen-bond acceptors (Lipinski definition) is 1. The highest BCUT2D eigenvalue weighted by Crippen LogP contribution is 2.54. The zero-order valence-electron chi connectivity index (χ0n) is 14.7. The molecule has 0 amide bonds. The maximum atomic E-state index is 2.72. The van der Waals surface area contributed by atoms with Crippen LogP contribution in [0.3, 0.4) is 0 Å². The van der Waals surface area contributed by atoms with E-state index in [2.05, 4.69) is 54.3 Å². The molecular weight excluding hydrogens is 290 g/mol. The van der Waals surface area contributed by atoms with Gasteiger partial charge in [0, 0.05) is 17.9 Å². The third-order valence-corrected chi connectivity index (χ3v) is 6.78. The molecule has 0 N–H and O–H groups in total. The Labute approximate surface area is 145 Å². The van der Waals surface area contributed by atoms with Crippen LogP contribution in [-0.4, -0.2) is 18.0 Å². The molecule has 24 heavy (non-hydrogen) atoms. The van der Waals surface area contributed by atoms with Crippen LogP contribution in [-0.2, 0) is 0 Å². The lowest BCUT2D eigenvalue weighted by Crippen LogP contribution is -2.34. The van der Waals surface area contributed by atoms with E-state index >= 15 is 0 Å². The highest BCUT2D eigenvalue weighted by molar-refractivity contribution is 5.57. The van der Waals surface area contributed by atoms with Crippen molar-refractivity contribution in [2.75, 3.05) is 13.1 Å². The summed E-state index contributed by atoms with van der Waals surface area (Å²) >= 11 is 0. The standard InChI is InChI=1S/C23H27N/c1-16(24-14-5-2-6-15-24)17-10-7-11-21-20-12-13-22(23(17)21)19-9-4-3-8-18(19)20/h3-4,7-11,16,20,22H,2,5-6,12-15H2,1H3. The summed E-state index contributed by atoms with van der Waals surface area (Å²) in [5, 5.41) is 0. The normalized spacial score (nSPS) is 26.7. The van der Waals surface area contributed by atoms with Gasteiger partial charge in [0.1, 0.15) is 0 Å². The second-order valence-electron chi connectivity index (χ2n) is 7.93. The molecule has 124 valence electrons. The Morgan fingerprint density at radius 2 is 1.46 bits per heavy atom. The van der Waals surface area contributed by atoms with Crippen molar-refractivity contribution in [3.05, 3.63) is 70.3 Å². The van der Waals surface area contributed by atoms with E-state index in [9.17, 15) is 0 Å². The van der Waals surface area contributed by atoms with Crippen molar-refractivity contribution < 1.29 is 0 Å². The molecule has 0 spiro atoms. The highest BCUT2D eigenvalue weighted by Gasteiger charge is 2.39. The quantitative estimate of drug-likeness (QED) is 0.696. The van der Waals surface area contributed by atoms with Gasteiger partial charge in [-0.15, -0.1) is 0 Å². The van der Waals surface area contributed by atoms with Crippen molar-refractivity contribution in [3.8, 4) is 0 Å². The molecule has 0 aromatic heterocycles. The Balaban J connectivity index is 1.61. The molecule has 1 saturated heterocycles. The smallest absolute Gasteiger partial charge is 0.0322 e. The minimum absolute atomic E-state index is 0.562. The lowest BCUT2D eigenvalue weighted by Gasteiger charge is -2.43. The first kappa shape index (κ1) is 14.7. The number of benzene rings is 2. The number of nitrogens with zero attached hydrogens (tertiary/aromatic N) is 1. The molecule has 3 atom stereocenters.